The molecule has 9 heteroatoms. The standard InChI is InChI=1S/C23H38N4O3.C4H8O2/c1-17(2)14-15-26(3)23(28)29-16-21(27(4)25)22(24)18-10-12-20(13-11-18)30-19-8-6-5-7-9-19;1-3-4(5)6-2/h10-13,17,19H,5-9,14-16,24-25H2,1-4H3;3H2,1-2H3/b22-21-;. The molecule has 0 bridgehead atoms. The molecule has 1 fully saturated rings. The number of hydrogen-bond donors (Lipinski definition) is 2. The van der Waals surface area contributed by atoms with Gasteiger partial charge in [0.1, 0.15) is 12.4 Å². The maximum absolute atomic E-state index is 12.2. The van der Waals surface area contributed by atoms with Gasteiger partial charge in [-0.3, -0.25) is 4.79 Å². The highest BCUT2D eigenvalue weighted by atomic mass is 16.6. The number of benzene rings is 1. The number of likely N-dealkylation sites (N-methyl/N-ethyl adjacent to an activating group) is 1. The number of nitrogens with two attached hydrogens (primary N) is 2. The Hall–Kier alpha value is -2.94. The number of nitrogens with zero attached hydrogens (tertiary/aromatic N) is 2. The molecule has 0 radical (unpaired) electrons. The van der Waals surface area contributed by atoms with Gasteiger partial charge < -0.3 is 29.9 Å². The third-order valence-electron chi connectivity index (χ3n) is 5.96. The summed E-state index contributed by atoms with van der Waals surface area (Å²) in [6.45, 7) is 6.65. The summed E-state index contributed by atoms with van der Waals surface area (Å²) in [5, 5.41) is 1.39. The maximum atomic E-state index is 12.2. The van der Waals surface area contributed by atoms with Crippen molar-refractivity contribution >= 4 is 17.8 Å². The number of rotatable bonds is 10. The van der Waals surface area contributed by atoms with Gasteiger partial charge in [0, 0.05) is 27.1 Å². The summed E-state index contributed by atoms with van der Waals surface area (Å²) in [6, 6.07) is 7.68. The topological polar surface area (TPSA) is 120 Å². The van der Waals surface area contributed by atoms with Gasteiger partial charge in [0.05, 0.1) is 24.6 Å². The van der Waals surface area contributed by atoms with Crippen molar-refractivity contribution < 1.29 is 23.8 Å². The van der Waals surface area contributed by atoms with Crippen molar-refractivity contribution in [2.75, 3.05) is 34.4 Å². The molecule has 0 atom stereocenters. The van der Waals surface area contributed by atoms with E-state index < -0.39 is 0 Å². The predicted octanol–water partition coefficient (Wildman–Crippen LogP) is 4.51. The van der Waals surface area contributed by atoms with Crippen LogP contribution in [0.15, 0.2) is 30.0 Å². The SMILES string of the molecule is CC(C)CCN(C)C(=O)OC/C(=C(/N)c1ccc(OC2CCCCC2)cc1)N(C)N.CCC(=O)OC. The number of esters is 1. The quantitative estimate of drug-likeness (QED) is 0.270. The fourth-order valence-electron chi connectivity index (χ4n) is 3.55. The monoisotopic (exact) mass is 506 g/mol. The first-order valence-electron chi connectivity index (χ1n) is 12.8. The Morgan fingerprint density at radius 1 is 1.08 bits per heavy atom. The Labute approximate surface area is 216 Å². The predicted molar refractivity (Wildman–Crippen MR) is 143 cm³/mol. The fraction of sp³-hybridized carbons (Fsp3) is 0.630. The zero-order valence-electron chi connectivity index (χ0n) is 22.9. The number of carbonyl (C=O) groups excluding carboxylic acids is 2. The highest BCUT2D eigenvalue weighted by Gasteiger charge is 2.17. The van der Waals surface area contributed by atoms with E-state index >= 15 is 0 Å². The molecule has 1 aromatic carbocycles. The van der Waals surface area contributed by atoms with Gasteiger partial charge in [-0.2, -0.15) is 0 Å². The van der Waals surface area contributed by atoms with Gasteiger partial charge in [0.15, 0.2) is 0 Å². The second-order valence-corrected chi connectivity index (χ2v) is 9.46. The van der Waals surface area contributed by atoms with Gasteiger partial charge in [-0.25, -0.2) is 10.6 Å². The fourth-order valence-corrected chi connectivity index (χ4v) is 3.55. The molecule has 1 aliphatic carbocycles. The largest absolute Gasteiger partial charge is 0.490 e. The minimum absolute atomic E-state index is 0.00398. The Bertz CT molecular complexity index is 812. The number of methoxy groups -OCH3 is 1. The van der Waals surface area contributed by atoms with E-state index in [9.17, 15) is 9.59 Å². The lowest BCUT2D eigenvalue weighted by atomic mass is 9.98. The van der Waals surface area contributed by atoms with Gasteiger partial charge in [-0.15, -0.1) is 0 Å². The second-order valence-electron chi connectivity index (χ2n) is 9.46. The van der Waals surface area contributed by atoms with E-state index in [1.807, 2.05) is 24.3 Å². The number of hydrogen-bond acceptors (Lipinski definition) is 8. The van der Waals surface area contributed by atoms with Crippen LogP contribution >= 0.6 is 0 Å². The molecule has 1 saturated carbocycles. The molecule has 1 aromatic rings. The third kappa shape index (κ3) is 11.7. The van der Waals surface area contributed by atoms with E-state index in [1.54, 1.807) is 25.9 Å². The highest BCUT2D eigenvalue weighted by molar-refractivity contribution is 5.69. The van der Waals surface area contributed by atoms with Gasteiger partial charge in [0.2, 0.25) is 0 Å². The molecule has 9 nitrogen and oxygen atoms in total. The summed E-state index contributed by atoms with van der Waals surface area (Å²) in [5.74, 6) is 7.16. The Kier molecular flexibility index (Phi) is 14.4. The van der Waals surface area contributed by atoms with Crippen LogP contribution in [0.2, 0.25) is 0 Å². The van der Waals surface area contributed by atoms with E-state index in [2.05, 4.69) is 18.6 Å². The molecular weight excluding hydrogens is 460 g/mol. The van der Waals surface area contributed by atoms with E-state index in [0.29, 0.717) is 36.4 Å². The first-order valence-corrected chi connectivity index (χ1v) is 12.8. The lowest BCUT2D eigenvalue weighted by molar-refractivity contribution is -0.140. The van der Waals surface area contributed by atoms with Crippen LogP contribution in [-0.2, 0) is 14.3 Å². The molecule has 0 saturated heterocycles. The molecule has 1 aliphatic rings. The molecule has 4 N–H and O–H groups in total. The minimum atomic E-state index is -0.390. The van der Waals surface area contributed by atoms with Crippen LogP contribution in [0.1, 0.15) is 71.3 Å². The lowest BCUT2D eigenvalue weighted by Gasteiger charge is -2.23. The Balaban J connectivity index is 0.000000960. The normalized spacial score (nSPS) is 14.2. The average Bonchev–Trinajstić information content (AvgIpc) is 2.87. The zero-order chi connectivity index (χ0) is 27.1. The van der Waals surface area contributed by atoms with E-state index in [1.165, 1.54) is 31.4 Å². The van der Waals surface area contributed by atoms with Crippen LogP contribution in [0.25, 0.3) is 5.70 Å². The van der Waals surface area contributed by atoms with Crippen LogP contribution in [0.5, 0.6) is 5.75 Å². The molecule has 36 heavy (non-hydrogen) atoms. The van der Waals surface area contributed by atoms with Gasteiger partial charge in [0.25, 0.3) is 0 Å². The molecule has 0 spiro atoms. The van der Waals surface area contributed by atoms with E-state index in [0.717, 1.165) is 30.6 Å². The van der Waals surface area contributed by atoms with Crippen LogP contribution < -0.4 is 16.3 Å². The zero-order valence-corrected chi connectivity index (χ0v) is 22.9. The first-order chi connectivity index (χ1) is 17.1. The summed E-state index contributed by atoms with van der Waals surface area (Å²) >= 11 is 0. The van der Waals surface area contributed by atoms with Crippen LogP contribution in [0.3, 0.4) is 0 Å². The average molecular weight is 507 g/mol. The summed E-state index contributed by atoms with van der Waals surface area (Å²) in [5.41, 5.74) is 8.17. The van der Waals surface area contributed by atoms with E-state index in [4.69, 9.17) is 21.1 Å². The van der Waals surface area contributed by atoms with Crippen LogP contribution in [0, 0.1) is 5.92 Å². The molecule has 0 aromatic heterocycles. The van der Waals surface area contributed by atoms with Crippen LogP contribution in [0.4, 0.5) is 4.79 Å². The van der Waals surface area contributed by atoms with Crippen molar-refractivity contribution in [3.05, 3.63) is 35.5 Å². The molecule has 0 heterocycles. The van der Waals surface area contributed by atoms with Crippen molar-refractivity contribution in [2.45, 2.75) is 71.8 Å². The molecular formula is C27H46N4O5. The summed E-state index contributed by atoms with van der Waals surface area (Å²) in [6.07, 6.45) is 7.29. The van der Waals surface area contributed by atoms with Crippen LogP contribution in [-0.4, -0.2) is 62.4 Å². The molecule has 2 rings (SSSR count). The van der Waals surface area contributed by atoms with Crippen molar-refractivity contribution in [3.8, 4) is 5.75 Å². The summed E-state index contributed by atoms with van der Waals surface area (Å²) in [4.78, 5) is 23.8. The Morgan fingerprint density at radius 2 is 1.69 bits per heavy atom. The summed E-state index contributed by atoms with van der Waals surface area (Å²) in [7, 11) is 4.79. The highest BCUT2D eigenvalue weighted by Crippen LogP contribution is 2.25. The van der Waals surface area contributed by atoms with Crippen molar-refractivity contribution in [1.82, 2.24) is 9.91 Å². The third-order valence-corrected chi connectivity index (χ3v) is 5.96. The van der Waals surface area contributed by atoms with Gasteiger partial charge in [-0.05, 0) is 67.9 Å². The molecule has 0 unspecified atom stereocenters. The van der Waals surface area contributed by atoms with Crippen molar-refractivity contribution in [2.24, 2.45) is 17.5 Å². The lowest BCUT2D eigenvalue weighted by Crippen LogP contribution is -2.34. The number of amides is 1. The molecule has 204 valence electrons. The number of carbonyl (C=O) groups is 2. The first kappa shape index (κ1) is 31.1. The molecule has 0 aliphatic heterocycles. The van der Waals surface area contributed by atoms with Crippen molar-refractivity contribution in [3.63, 3.8) is 0 Å². The van der Waals surface area contributed by atoms with Crippen molar-refractivity contribution in [1.29, 1.82) is 0 Å². The summed E-state index contributed by atoms with van der Waals surface area (Å²) < 4.78 is 15.8. The minimum Gasteiger partial charge on any atom is -0.490 e. The van der Waals surface area contributed by atoms with E-state index in [-0.39, 0.29) is 18.7 Å². The van der Waals surface area contributed by atoms with Gasteiger partial charge >= 0.3 is 12.1 Å². The smallest absolute Gasteiger partial charge is 0.409 e. The molecule has 1 amide bonds. The maximum Gasteiger partial charge on any atom is 0.409 e. The Morgan fingerprint density at radius 3 is 2.17 bits per heavy atom. The number of ether oxygens (including phenoxy) is 3. The van der Waals surface area contributed by atoms with Gasteiger partial charge in [-0.1, -0.05) is 27.2 Å². The second kappa shape index (κ2) is 16.7. The number of hydrazine groups is 1.